The van der Waals surface area contributed by atoms with Crippen LogP contribution >= 0.6 is 45.2 Å². The summed E-state index contributed by atoms with van der Waals surface area (Å²) in [4.78, 5) is 0. The molecular weight excluding hydrogens is 332 g/mol. The maximum absolute atomic E-state index is 8.30. The van der Waals surface area contributed by atoms with E-state index in [9.17, 15) is 0 Å². The summed E-state index contributed by atoms with van der Waals surface area (Å²) in [6.07, 6.45) is 2.09. The molecule has 0 aromatic carbocycles. The van der Waals surface area contributed by atoms with Crippen molar-refractivity contribution in [2.45, 2.75) is 14.3 Å². The zero-order chi connectivity index (χ0) is 6.20. The molecule has 0 radical (unpaired) electrons. The van der Waals surface area contributed by atoms with Crippen molar-refractivity contribution in [3.8, 4) is 0 Å². The summed E-state index contributed by atoms with van der Waals surface area (Å²) in [6, 6.07) is 0. The molecule has 0 aromatic heterocycles. The maximum Gasteiger partial charge on any atom is 0.115 e. The van der Waals surface area contributed by atoms with E-state index in [2.05, 4.69) is 50.3 Å². The lowest BCUT2D eigenvalue weighted by Gasteiger charge is -2.30. The summed E-state index contributed by atoms with van der Waals surface area (Å²) in [5.74, 6) is 0. The average Bonchev–Trinajstić information content (AvgIpc) is 1.66. The lowest BCUT2D eigenvalue weighted by atomic mass is 9.97. The lowest BCUT2D eigenvalue weighted by Crippen LogP contribution is -2.35. The van der Waals surface area contributed by atoms with Gasteiger partial charge < -0.3 is 5.21 Å². The van der Waals surface area contributed by atoms with Gasteiger partial charge in [-0.15, -0.1) is 0 Å². The summed E-state index contributed by atoms with van der Waals surface area (Å²) < 4.78 is 0.129. The van der Waals surface area contributed by atoms with E-state index in [0.29, 0.717) is 0 Å². The third-order valence-corrected chi connectivity index (χ3v) is 3.54. The molecular formula is C4H5I2NO. The number of hydrogen-bond acceptors (Lipinski definition) is 2. The first-order valence-electron chi connectivity index (χ1n) is 2.26. The largest absolute Gasteiger partial charge is 0.411 e. The maximum atomic E-state index is 8.30. The Bertz CT molecular complexity index is 132. The van der Waals surface area contributed by atoms with Gasteiger partial charge in [0, 0.05) is 0 Å². The molecule has 0 heterocycles. The highest BCUT2D eigenvalue weighted by molar-refractivity contribution is 14.2. The van der Waals surface area contributed by atoms with Gasteiger partial charge in [0.25, 0.3) is 0 Å². The number of rotatable bonds is 0. The van der Waals surface area contributed by atoms with Gasteiger partial charge in [-0.25, -0.2) is 0 Å². The first-order chi connectivity index (χ1) is 3.67. The molecule has 0 atom stereocenters. The second-order valence-electron chi connectivity index (χ2n) is 1.75. The minimum atomic E-state index is 0.129. The molecule has 0 aliphatic heterocycles. The molecule has 1 rings (SSSR count). The van der Waals surface area contributed by atoms with Crippen LogP contribution in [0.3, 0.4) is 0 Å². The van der Waals surface area contributed by atoms with Crippen LogP contribution in [0.15, 0.2) is 5.16 Å². The second-order valence-corrected chi connectivity index (χ2v) is 7.50. The van der Waals surface area contributed by atoms with Crippen LogP contribution in [0.4, 0.5) is 0 Å². The van der Waals surface area contributed by atoms with Crippen molar-refractivity contribution in [3.63, 3.8) is 0 Å². The van der Waals surface area contributed by atoms with Crippen LogP contribution < -0.4 is 0 Å². The molecule has 0 aromatic rings. The van der Waals surface area contributed by atoms with Crippen LogP contribution in [0, 0.1) is 0 Å². The average molecular weight is 337 g/mol. The van der Waals surface area contributed by atoms with E-state index in [1.54, 1.807) is 0 Å². The third kappa shape index (κ3) is 1.09. The predicted octanol–water partition coefficient (Wildman–Crippen LogP) is 2.18. The summed E-state index contributed by atoms with van der Waals surface area (Å²) in [7, 11) is 0. The standard InChI is InChI=1S/C4H5I2NO/c5-4(6)2-1-3(4)7-8/h8H,1-2H2. The van der Waals surface area contributed by atoms with E-state index in [1.807, 2.05) is 0 Å². The number of nitrogens with zero attached hydrogens (tertiary/aromatic N) is 1. The van der Waals surface area contributed by atoms with Gasteiger partial charge in [0.1, 0.15) is 1.43 Å². The Morgan fingerprint density at radius 2 is 2.25 bits per heavy atom. The molecule has 4 heteroatoms. The van der Waals surface area contributed by atoms with E-state index in [-0.39, 0.29) is 1.43 Å². The van der Waals surface area contributed by atoms with Crippen molar-refractivity contribution in [1.82, 2.24) is 0 Å². The fraction of sp³-hybridized carbons (Fsp3) is 0.750. The highest BCUT2D eigenvalue weighted by Crippen LogP contribution is 2.44. The Kier molecular flexibility index (Phi) is 2.01. The molecule has 0 amide bonds. The van der Waals surface area contributed by atoms with Gasteiger partial charge in [-0.05, 0) is 12.8 Å². The van der Waals surface area contributed by atoms with Crippen molar-refractivity contribution in [2.75, 3.05) is 0 Å². The Hall–Kier alpha value is 0.930. The van der Waals surface area contributed by atoms with E-state index in [1.165, 1.54) is 0 Å². The second kappa shape index (κ2) is 2.28. The number of halogens is 2. The van der Waals surface area contributed by atoms with Crippen molar-refractivity contribution in [2.24, 2.45) is 5.16 Å². The fourth-order valence-electron chi connectivity index (χ4n) is 0.549. The molecule has 1 aliphatic rings. The Morgan fingerprint density at radius 3 is 2.25 bits per heavy atom. The molecule has 0 spiro atoms. The minimum absolute atomic E-state index is 0.129. The molecule has 1 saturated carbocycles. The predicted molar refractivity (Wildman–Crippen MR) is 49.2 cm³/mol. The van der Waals surface area contributed by atoms with Crippen molar-refractivity contribution >= 4 is 50.9 Å². The molecule has 0 unspecified atom stereocenters. The Morgan fingerprint density at radius 1 is 1.62 bits per heavy atom. The molecule has 1 aliphatic carbocycles. The Labute approximate surface area is 75.0 Å². The van der Waals surface area contributed by atoms with Gasteiger partial charge in [-0.2, -0.15) is 0 Å². The van der Waals surface area contributed by atoms with E-state index in [4.69, 9.17) is 5.21 Å². The Balaban J connectivity index is 2.63. The lowest BCUT2D eigenvalue weighted by molar-refractivity contribution is 0.313. The van der Waals surface area contributed by atoms with Crippen molar-refractivity contribution in [1.29, 1.82) is 0 Å². The van der Waals surface area contributed by atoms with Crippen LogP contribution in [0.1, 0.15) is 12.8 Å². The van der Waals surface area contributed by atoms with Gasteiger partial charge in [-0.3, -0.25) is 0 Å². The molecule has 46 valence electrons. The monoisotopic (exact) mass is 337 g/mol. The van der Waals surface area contributed by atoms with Gasteiger partial charge in [-0.1, -0.05) is 50.3 Å². The van der Waals surface area contributed by atoms with Gasteiger partial charge >= 0.3 is 0 Å². The van der Waals surface area contributed by atoms with Crippen LogP contribution in [0.2, 0.25) is 0 Å². The van der Waals surface area contributed by atoms with Gasteiger partial charge in [0.15, 0.2) is 0 Å². The summed E-state index contributed by atoms with van der Waals surface area (Å²) in [6.45, 7) is 0. The number of hydrogen-bond donors (Lipinski definition) is 1. The van der Waals surface area contributed by atoms with E-state index in [0.717, 1.165) is 18.6 Å². The molecule has 8 heavy (non-hydrogen) atoms. The van der Waals surface area contributed by atoms with E-state index < -0.39 is 0 Å². The first kappa shape index (κ1) is 7.04. The van der Waals surface area contributed by atoms with Crippen molar-refractivity contribution < 1.29 is 5.21 Å². The quantitative estimate of drug-likeness (QED) is 0.313. The highest BCUT2D eigenvalue weighted by atomic mass is 127. The molecule has 0 saturated heterocycles. The molecule has 1 fully saturated rings. The van der Waals surface area contributed by atoms with Crippen molar-refractivity contribution in [3.05, 3.63) is 0 Å². The number of alkyl halides is 2. The smallest absolute Gasteiger partial charge is 0.115 e. The summed E-state index contributed by atoms with van der Waals surface area (Å²) in [5.41, 5.74) is 0.915. The van der Waals surface area contributed by atoms with Gasteiger partial charge in [0.05, 0.1) is 5.71 Å². The fourth-order valence-corrected chi connectivity index (χ4v) is 1.84. The first-order valence-corrected chi connectivity index (χ1v) is 4.42. The SMILES string of the molecule is ON=C1CCC1(I)I. The van der Waals surface area contributed by atoms with Crippen LogP contribution in [0.5, 0.6) is 0 Å². The zero-order valence-corrected chi connectivity index (χ0v) is 8.38. The topological polar surface area (TPSA) is 32.6 Å². The van der Waals surface area contributed by atoms with Crippen LogP contribution in [-0.4, -0.2) is 12.3 Å². The van der Waals surface area contributed by atoms with Crippen LogP contribution in [-0.2, 0) is 0 Å². The van der Waals surface area contributed by atoms with E-state index >= 15 is 0 Å². The third-order valence-electron chi connectivity index (χ3n) is 1.22. The molecule has 0 bridgehead atoms. The summed E-state index contributed by atoms with van der Waals surface area (Å²) >= 11 is 4.57. The summed E-state index contributed by atoms with van der Waals surface area (Å²) in [5, 5.41) is 11.4. The molecule has 1 N–H and O–H groups in total. The van der Waals surface area contributed by atoms with Crippen LogP contribution in [0.25, 0.3) is 0 Å². The zero-order valence-electron chi connectivity index (χ0n) is 4.06. The normalized spacial score (nSPS) is 30.0. The van der Waals surface area contributed by atoms with Gasteiger partial charge in [0.2, 0.25) is 0 Å². The highest BCUT2D eigenvalue weighted by Gasteiger charge is 2.38. The number of oxime groups is 1. The minimum Gasteiger partial charge on any atom is -0.411 e. The molecule has 2 nitrogen and oxygen atoms in total.